The zero-order chi connectivity index (χ0) is 33.7. The van der Waals surface area contributed by atoms with Crippen LogP contribution in [0, 0.1) is 0 Å². The van der Waals surface area contributed by atoms with Crippen LogP contribution in [-0.2, 0) is 6.54 Å². The summed E-state index contributed by atoms with van der Waals surface area (Å²) in [6.45, 7) is 3.23. The fourth-order valence-corrected chi connectivity index (χ4v) is 6.75. The number of methoxy groups -OCH3 is 1. The zero-order valence-electron chi connectivity index (χ0n) is 27.6. The Morgan fingerprint density at radius 3 is 2.14 bits per heavy atom. The minimum atomic E-state index is -4.58. The van der Waals surface area contributed by atoms with Gasteiger partial charge in [-0.1, -0.05) is 60.7 Å². The highest BCUT2D eigenvalue weighted by Gasteiger charge is 2.44. The predicted molar refractivity (Wildman–Crippen MR) is 185 cm³/mol. The number of piperazine rings is 2. The molecule has 2 fully saturated rings. The van der Waals surface area contributed by atoms with Gasteiger partial charge in [0.05, 0.1) is 25.5 Å². The highest BCUT2D eigenvalue weighted by molar-refractivity contribution is 5.91. The van der Waals surface area contributed by atoms with E-state index in [1.165, 1.54) is 13.4 Å². The van der Waals surface area contributed by atoms with Gasteiger partial charge in [-0.05, 0) is 30.2 Å². The number of ether oxygens (including phenoxy) is 3. The molecule has 0 bridgehead atoms. The van der Waals surface area contributed by atoms with Crippen molar-refractivity contribution in [3.05, 3.63) is 102 Å². The van der Waals surface area contributed by atoms with Crippen LogP contribution in [0.5, 0.6) is 17.8 Å². The van der Waals surface area contributed by atoms with Gasteiger partial charge in [0.25, 0.3) is 5.91 Å². The Balaban J connectivity index is 0.00000281. The van der Waals surface area contributed by atoms with Crippen molar-refractivity contribution in [1.29, 1.82) is 0 Å². The number of aromatic nitrogens is 2. The molecule has 2 aliphatic rings. The summed E-state index contributed by atoms with van der Waals surface area (Å²) >= 11 is 0. The molecule has 2 unspecified atom stereocenters. The molecule has 50 heavy (non-hydrogen) atoms. The number of benzene rings is 2. The maximum Gasteiger partial charge on any atom is 0.422 e. The number of fused-ring (bicyclic) bond motifs is 1. The van der Waals surface area contributed by atoms with Gasteiger partial charge < -0.3 is 23.5 Å². The van der Waals surface area contributed by atoms with E-state index in [-0.39, 0.29) is 91.0 Å². The minimum Gasteiger partial charge on any atom is -0.481 e. The smallest absolute Gasteiger partial charge is 0.422 e. The zero-order valence-corrected chi connectivity index (χ0v) is 29.3. The number of carbonyl (C=O) groups excluding carboxylic acids is 1. The molecular weight excluding hydrogens is 698 g/mol. The van der Waals surface area contributed by atoms with Gasteiger partial charge in [-0.2, -0.15) is 23.1 Å². The third-order valence-electron chi connectivity index (χ3n) is 8.72. The van der Waals surface area contributed by atoms with Crippen LogP contribution in [0.4, 0.5) is 13.2 Å². The first-order valence-electron chi connectivity index (χ1n) is 15.9. The topological polar surface area (TPSA) is 93.4 Å². The molecule has 4 heterocycles. The Kier molecular flexibility index (Phi) is 13.4. The standard InChI is InChI=1S/C35H38F3N5O5.2ClH/c1-3-46-34-39-31(45-2)27(32(40-34)48-23-35(36,37)38)21-41-19-26-20-42(33(44)29-15-10-18-47-29)16-17-43(26)28(22-41)30(24-11-6-4-7-12-24)25-13-8-5-9-14-25;;/h4-15,18,26,28,30H,3,16-17,19-23H2,1-2H3;2*1H. The Morgan fingerprint density at radius 1 is 0.900 bits per heavy atom. The van der Waals surface area contributed by atoms with Gasteiger partial charge in [0.1, 0.15) is 0 Å². The minimum absolute atomic E-state index is 0. The quantitative estimate of drug-likeness (QED) is 0.181. The average Bonchev–Trinajstić information content (AvgIpc) is 3.64. The molecule has 15 heteroatoms. The summed E-state index contributed by atoms with van der Waals surface area (Å²) in [5, 5.41) is 0. The molecule has 2 saturated heterocycles. The van der Waals surface area contributed by atoms with Gasteiger partial charge in [0.2, 0.25) is 11.8 Å². The molecule has 0 spiro atoms. The molecule has 10 nitrogen and oxygen atoms in total. The number of nitrogens with zero attached hydrogens (tertiary/aromatic N) is 5. The Hall–Kier alpha value is -4.04. The Bertz CT molecular complexity index is 1610. The van der Waals surface area contributed by atoms with E-state index in [1.807, 2.05) is 36.4 Å². The van der Waals surface area contributed by atoms with Crippen molar-refractivity contribution in [3.63, 3.8) is 0 Å². The lowest BCUT2D eigenvalue weighted by molar-refractivity contribution is -0.154. The second-order valence-electron chi connectivity index (χ2n) is 11.8. The predicted octanol–water partition coefficient (Wildman–Crippen LogP) is 6.10. The first-order valence-corrected chi connectivity index (χ1v) is 15.9. The van der Waals surface area contributed by atoms with Crippen LogP contribution in [0.1, 0.15) is 40.1 Å². The summed E-state index contributed by atoms with van der Waals surface area (Å²) in [5.74, 6) is -0.111. The summed E-state index contributed by atoms with van der Waals surface area (Å²) < 4.78 is 61.6. The number of amides is 1. The van der Waals surface area contributed by atoms with Gasteiger partial charge in [-0.15, -0.1) is 24.8 Å². The molecule has 2 aliphatic heterocycles. The van der Waals surface area contributed by atoms with E-state index in [0.717, 1.165) is 11.1 Å². The Morgan fingerprint density at radius 2 is 1.56 bits per heavy atom. The molecule has 270 valence electrons. The van der Waals surface area contributed by atoms with E-state index in [2.05, 4.69) is 44.0 Å². The van der Waals surface area contributed by atoms with Crippen LogP contribution in [0.3, 0.4) is 0 Å². The van der Waals surface area contributed by atoms with Crippen LogP contribution in [0.15, 0.2) is 83.5 Å². The van der Waals surface area contributed by atoms with Gasteiger partial charge >= 0.3 is 12.2 Å². The van der Waals surface area contributed by atoms with E-state index in [0.29, 0.717) is 32.7 Å². The van der Waals surface area contributed by atoms with Crippen LogP contribution in [-0.4, -0.2) is 102 Å². The van der Waals surface area contributed by atoms with Crippen molar-refractivity contribution < 1.29 is 36.6 Å². The van der Waals surface area contributed by atoms with E-state index in [1.54, 1.807) is 24.0 Å². The lowest BCUT2D eigenvalue weighted by Crippen LogP contribution is -2.67. The second-order valence-corrected chi connectivity index (χ2v) is 11.8. The molecule has 6 rings (SSSR count). The van der Waals surface area contributed by atoms with Crippen LogP contribution in [0.25, 0.3) is 0 Å². The molecule has 0 aliphatic carbocycles. The third-order valence-corrected chi connectivity index (χ3v) is 8.72. The first-order chi connectivity index (χ1) is 23.2. The average molecular weight is 739 g/mol. The number of alkyl halides is 3. The summed E-state index contributed by atoms with van der Waals surface area (Å²) in [7, 11) is 1.40. The molecule has 2 aromatic heterocycles. The highest BCUT2D eigenvalue weighted by Crippen LogP contribution is 2.38. The van der Waals surface area contributed by atoms with Crippen LogP contribution < -0.4 is 14.2 Å². The molecule has 4 aromatic rings. The van der Waals surface area contributed by atoms with Crippen molar-refractivity contribution in [2.45, 2.75) is 37.6 Å². The van der Waals surface area contributed by atoms with Gasteiger partial charge in [-0.25, -0.2) is 0 Å². The van der Waals surface area contributed by atoms with E-state index < -0.39 is 12.8 Å². The molecule has 0 radical (unpaired) electrons. The summed E-state index contributed by atoms with van der Waals surface area (Å²) in [5.41, 5.74) is 2.56. The fourth-order valence-electron chi connectivity index (χ4n) is 6.75. The van der Waals surface area contributed by atoms with E-state index in [4.69, 9.17) is 18.6 Å². The number of halogens is 5. The number of hydrogen-bond donors (Lipinski definition) is 0. The number of furan rings is 1. The van der Waals surface area contributed by atoms with Gasteiger partial charge in [0.15, 0.2) is 12.4 Å². The summed E-state index contributed by atoms with van der Waals surface area (Å²) in [4.78, 5) is 28.3. The maximum atomic E-state index is 13.4. The maximum absolute atomic E-state index is 13.4. The fraction of sp³-hybridized carbons (Fsp3) is 0.400. The van der Waals surface area contributed by atoms with Crippen molar-refractivity contribution in [3.8, 4) is 17.8 Å². The largest absolute Gasteiger partial charge is 0.481 e. The van der Waals surface area contributed by atoms with E-state index in [9.17, 15) is 18.0 Å². The lowest BCUT2D eigenvalue weighted by Gasteiger charge is -2.53. The molecular formula is C35H40Cl2F3N5O5. The van der Waals surface area contributed by atoms with Crippen LogP contribution >= 0.6 is 24.8 Å². The third kappa shape index (κ3) is 9.00. The monoisotopic (exact) mass is 737 g/mol. The summed E-state index contributed by atoms with van der Waals surface area (Å²) in [6.07, 6.45) is -3.10. The lowest BCUT2D eigenvalue weighted by atomic mass is 9.81. The molecule has 2 aromatic carbocycles. The Labute approximate surface area is 301 Å². The number of hydrogen-bond acceptors (Lipinski definition) is 9. The van der Waals surface area contributed by atoms with E-state index >= 15 is 0 Å². The van der Waals surface area contributed by atoms with Crippen molar-refractivity contribution in [1.82, 2.24) is 24.7 Å². The van der Waals surface area contributed by atoms with Crippen LogP contribution in [0.2, 0.25) is 0 Å². The molecule has 0 N–H and O–H groups in total. The van der Waals surface area contributed by atoms with Gasteiger partial charge in [-0.3, -0.25) is 14.6 Å². The molecule has 0 saturated carbocycles. The first kappa shape index (κ1) is 38.8. The second kappa shape index (κ2) is 17.3. The van der Waals surface area contributed by atoms with Gasteiger partial charge in [0, 0.05) is 57.3 Å². The highest BCUT2D eigenvalue weighted by atomic mass is 35.5. The van der Waals surface area contributed by atoms with Crippen molar-refractivity contribution >= 4 is 30.7 Å². The molecule has 2 atom stereocenters. The normalized spacial score (nSPS) is 18.1. The number of carbonyl (C=O) groups is 1. The molecule has 1 amide bonds. The SMILES string of the molecule is CCOc1nc(OC)c(CN2CC3CN(C(=O)c4ccco4)CCN3C(C(c3ccccc3)c3ccccc3)C2)c(OCC(F)(F)F)n1.Cl.Cl. The number of rotatable bonds is 11. The van der Waals surface area contributed by atoms with Crippen molar-refractivity contribution in [2.75, 3.05) is 53.0 Å². The van der Waals surface area contributed by atoms with Crippen molar-refractivity contribution in [2.24, 2.45) is 0 Å². The summed E-state index contributed by atoms with van der Waals surface area (Å²) in [6, 6.07) is 23.6.